The first-order valence-electron chi connectivity index (χ1n) is 7.26. The van der Waals surface area contributed by atoms with E-state index in [0.29, 0.717) is 16.3 Å². The van der Waals surface area contributed by atoms with E-state index in [9.17, 15) is 13.2 Å². The van der Waals surface area contributed by atoms with Gasteiger partial charge < -0.3 is 0 Å². The number of fused-ring (bicyclic) bond motifs is 1. The number of aryl methyl sites for hydroxylation is 1. The Bertz CT molecular complexity index is 1020. The number of amides is 1. The van der Waals surface area contributed by atoms with Crippen molar-refractivity contribution in [2.75, 3.05) is 11.6 Å². The molecule has 1 amide bonds. The zero-order valence-electron chi connectivity index (χ0n) is 13.2. The lowest BCUT2D eigenvalue weighted by Crippen LogP contribution is -2.12. The van der Waals surface area contributed by atoms with Gasteiger partial charge >= 0.3 is 0 Å². The van der Waals surface area contributed by atoms with Gasteiger partial charge in [0.2, 0.25) is 0 Å². The van der Waals surface area contributed by atoms with Gasteiger partial charge in [-0.1, -0.05) is 35.6 Å². The van der Waals surface area contributed by atoms with Crippen LogP contribution in [0.1, 0.15) is 21.5 Å². The molecule has 0 atom stereocenters. The Morgan fingerprint density at radius 1 is 1.21 bits per heavy atom. The lowest BCUT2D eigenvalue weighted by atomic mass is 10.1. The van der Waals surface area contributed by atoms with E-state index in [4.69, 9.17) is 0 Å². The standard InChI is InChI=1S/C17H16N2O3S2/c1-11-5-3-8-14-15(11)18-17(23-14)19-16(20)13-7-4-6-12(9-13)10-24(2,21)22/h3-9H,10H2,1-2H3,(H,18,19,20). The molecule has 2 aromatic carbocycles. The monoisotopic (exact) mass is 360 g/mol. The van der Waals surface area contributed by atoms with E-state index < -0.39 is 9.84 Å². The molecule has 1 heterocycles. The fraction of sp³-hybridized carbons (Fsp3) is 0.176. The number of rotatable bonds is 4. The summed E-state index contributed by atoms with van der Waals surface area (Å²) in [4.78, 5) is 16.9. The third-order valence-corrected chi connectivity index (χ3v) is 5.25. The number of carbonyl (C=O) groups is 1. The van der Waals surface area contributed by atoms with Crippen LogP contribution in [-0.4, -0.2) is 25.6 Å². The Labute approximate surface area is 144 Å². The van der Waals surface area contributed by atoms with Gasteiger partial charge in [0.25, 0.3) is 5.91 Å². The first kappa shape index (κ1) is 16.6. The summed E-state index contributed by atoms with van der Waals surface area (Å²) in [6, 6.07) is 12.5. The van der Waals surface area contributed by atoms with E-state index in [0.717, 1.165) is 15.8 Å². The van der Waals surface area contributed by atoms with Crippen molar-refractivity contribution in [3.05, 3.63) is 59.2 Å². The molecule has 0 spiro atoms. The van der Waals surface area contributed by atoms with Gasteiger partial charge in [0.05, 0.1) is 16.0 Å². The molecule has 0 saturated heterocycles. The molecule has 0 aliphatic heterocycles. The highest BCUT2D eigenvalue weighted by Crippen LogP contribution is 2.28. The molecule has 3 aromatic rings. The molecule has 7 heteroatoms. The van der Waals surface area contributed by atoms with Crippen LogP contribution in [-0.2, 0) is 15.6 Å². The third-order valence-electron chi connectivity index (χ3n) is 3.46. The molecular formula is C17H16N2O3S2. The van der Waals surface area contributed by atoms with Gasteiger partial charge in [-0.15, -0.1) is 0 Å². The molecule has 0 unspecified atom stereocenters. The van der Waals surface area contributed by atoms with E-state index in [-0.39, 0.29) is 11.7 Å². The molecule has 1 aromatic heterocycles. The van der Waals surface area contributed by atoms with E-state index in [1.807, 2.05) is 25.1 Å². The Morgan fingerprint density at radius 2 is 1.96 bits per heavy atom. The fourth-order valence-electron chi connectivity index (χ4n) is 2.41. The first-order valence-corrected chi connectivity index (χ1v) is 10.1. The summed E-state index contributed by atoms with van der Waals surface area (Å²) < 4.78 is 23.8. The van der Waals surface area contributed by atoms with E-state index in [2.05, 4.69) is 10.3 Å². The van der Waals surface area contributed by atoms with Gasteiger partial charge in [-0.05, 0) is 36.2 Å². The molecule has 0 aliphatic carbocycles. The van der Waals surface area contributed by atoms with Crippen LogP contribution in [0.4, 0.5) is 5.13 Å². The molecular weight excluding hydrogens is 344 g/mol. The second kappa shape index (κ2) is 6.33. The first-order chi connectivity index (χ1) is 11.3. The van der Waals surface area contributed by atoms with Crippen LogP contribution in [0, 0.1) is 6.92 Å². The van der Waals surface area contributed by atoms with Crippen LogP contribution in [0.2, 0.25) is 0 Å². The minimum atomic E-state index is -3.14. The SMILES string of the molecule is Cc1cccc2sc(NC(=O)c3cccc(CS(C)(=O)=O)c3)nc12. The normalized spacial score (nSPS) is 11.6. The van der Waals surface area contributed by atoms with Crippen molar-refractivity contribution in [3.8, 4) is 0 Å². The fourth-order valence-corrected chi connectivity index (χ4v) is 4.14. The number of benzene rings is 2. The van der Waals surface area contributed by atoms with E-state index >= 15 is 0 Å². The van der Waals surface area contributed by atoms with Crippen LogP contribution in [0.15, 0.2) is 42.5 Å². The predicted molar refractivity (Wildman–Crippen MR) is 97.3 cm³/mol. The van der Waals surface area contributed by atoms with Crippen molar-refractivity contribution in [3.63, 3.8) is 0 Å². The molecule has 0 fully saturated rings. The Kier molecular flexibility index (Phi) is 4.38. The van der Waals surface area contributed by atoms with Gasteiger partial charge in [0.1, 0.15) is 0 Å². The maximum absolute atomic E-state index is 12.4. The Hall–Kier alpha value is -2.25. The summed E-state index contributed by atoms with van der Waals surface area (Å²) in [6.07, 6.45) is 1.17. The number of hydrogen-bond donors (Lipinski definition) is 1. The smallest absolute Gasteiger partial charge is 0.257 e. The molecule has 5 nitrogen and oxygen atoms in total. The molecule has 1 N–H and O–H groups in total. The van der Waals surface area contributed by atoms with Gasteiger partial charge in [0.15, 0.2) is 15.0 Å². The van der Waals surface area contributed by atoms with Crippen molar-refractivity contribution in [2.45, 2.75) is 12.7 Å². The highest BCUT2D eigenvalue weighted by Gasteiger charge is 2.12. The summed E-state index contributed by atoms with van der Waals surface area (Å²) in [5.74, 6) is -0.392. The van der Waals surface area contributed by atoms with Crippen LogP contribution in [0.5, 0.6) is 0 Å². The minimum absolute atomic E-state index is 0.0888. The van der Waals surface area contributed by atoms with Crippen molar-refractivity contribution in [1.82, 2.24) is 4.98 Å². The topological polar surface area (TPSA) is 76.1 Å². The van der Waals surface area contributed by atoms with E-state index in [1.165, 1.54) is 17.6 Å². The number of aromatic nitrogens is 1. The number of anilines is 1. The maximum Gasteiger partial charge on any atom is 0.257 e. The molecule has 0 aliphatic rings. The molecule has 124 valence electrons. The predicted octanol–water partition coefficient (Wildman–Crippen LogP) is 3.40. The Morgan fingerprint density at radius 3 is 2.67 bits per heavy atom. The zero-order chi connectivity index (χ0) is 17.3. The quantitative estimate of drug-likeness (QED) is 0.774. The second-order valence-corrected chi connectivity index (χ2v) is 8.84. The molecule has 3 rings (SSSR count). The number of thiazole rings is 1. The van der Waals surface area contributed by atoms with Gasteiger partial charge in [-0.25, -0.2) is 13.4 Å². The summed E-state index contributed by atoms with van der Waals surface area (Å²) in [7, 11) is -3.14. The average molecular weight is 360 g/mol. The highest BCUT2D eigenvalue weighted by atomic mass is 32.2. The molecule has 0 bridgehead atoms. The van der Waals surface area contributed by atoms with Crippen molar-refractivity contribution in [2.24, 2.45) is 0 Å². The summed E-state index contributed by atoms with van der Waals surface area (Å²) >= 11 is 1.41. The highest BCUT2D eigenvalue weighted by molar-refractivity contribution is 7.89. The van der Waals surface area contributed by atoms with Crippen LogP contribution in [0.25, 0.3) is 10.2 Å². The molecule has 0 saturated carbocycles. The van der Waals surface area contributed by atoms with E-state index in [1.54, 1.807) is 24.3 Å². The second-order valence-electron chi connectivity index (χ2n) is 5.67. The van der Waals surface area contributed by atoms with Crippen LogP contribution < -0.4 is 5.32 Å². The lowest BCUT2D eigenvalue weighted by Gasteiger charge is -2.04. The molecule has 0 radical (unpaired) electrons. The number of hydrogen-bond acceptors (Lipinski definition) is 5. The number of carbonyl (C=O) groups excluding carboxylic acids is 1. The summed E-state index contributed by atoms with van der Waals surface area (Å²) in [6.45, 7) is 1.97. The van der Waals surface area contributed by atoms with Crippen LogP contribution >= 0.6 is 11.3 Å². The summed E-state index contributed by atoms with van der Waals surface area (Å²) in [5.41, 5.74) is 2.93. The summed E-state index contributed by atoms with van der Waals surface area (Å²) in [5, 5.41) is 3.31. The van der Waals surface area contributed by atoms with Gasteiger partial charge in [0, 0.05) is 11.8 Å². The van der Waals surface area contributed by atoms with Crippen molar-refractivity contribution >= 4 is 42.4 Å². The maximum atomic E-state index is 12.4. The largest absolute Gasteiger partial charge is 0.298 e. The van der Waals surface area contributed by atoms with Crippen molar-refractivity contribution in [1.29, 1.82) is 0 Å². The average Bonchev–Trinajstić information content (AvgIpc) is 2.89. The van der Waals surface area contributed by atoms with Gasteiger partial charge in [-0.3, -0.25) is 10.1 Å². The van der Waals surface area contributed by atoms with Gasteiger partial charge in [-0.2, -0.15) is 0 Å². The van der Waals surface area contributed by atoms with Crippen molar-refractivity contribution < 1.29 is 13.2 Å². The molecule has 24 heavy (non-hydrogen) atoms. The third kappa shape index (κ3) is 3.80. The number of para-hydroxylation sites is 1. The Balaban J connectivity index is 1.83. The number of sulfone groups is 1. The minimum Gasteiger partial charge on any atom is -0.298 e. The number of nitrogens with zero attached hydrogens (tertiary/aromatic N) is 1. The zero-order valence-corrected chi connectivity index (χ0v) is 14.9. The van der Waals surface area contributed by atoms with Crippen LogP contribution in [0.3, 0.4) is 0 Å². The lowest BCUT2D eigenvalue weighted by molar-refractivity contribution is 0.102. The number of nitrogens with one attached hydrogen (secondary N) is 1.